The summed E-state index contributed by atoms with van der Waals surface area (Å²) in [6.07, 6.45) is -1.30. The van der Waals surface area contributed by atoms with E-state index in [4.69, 9.17) is 0 Å². The van der Waals surface area contributed by atoms with Crippen molar-refractivity contribution in [1.82, 2.24) is 9.80 Å². The molecule has 32 heavy (non-hydrogen) atoms. The maximum absolute atomic E-state index is 13.6. The summed E-state index contributed by atoms with van der Waals surface area (Å²) in [6, 6.07) is 4.69. The van der Waals surface area contributed by atoms with Gasteiger partial charge in [-0.05, 0) is 69.2 Å². The molecule has 5 nitrogen and oxygen atoms in total. The van der Waals surface area contributed by atoms with Gasteiger partial charge in [0.15, 0.2) is 0 Å². The van der Waals surface area contributed by atoms with E-state index in [2.05, 4.69) is 22.2 Å². The summed E-state index contributed by atoms with van der Waals surface area (Å²) < 4.78 is 40.8. The maximum atomic E-state index is 13.6. The normalized spacial score (nSPS) is 30.6. The van der Waals surface area contributed by atoms with Crippen molar-refractivity contribution in [3.8, 4) is 0 Å². The Kier molecular flexibility index (Phi) is 5.39. The van der Waals surface area contributed by atoms with E-state index in [0.717, 1.165) is 25.2 Å². The lowest BCUT2D eigenvalue weighted by molar-refractivity contribution is -0.138. The van der Waals surface area contributed by atoms with E-state index in [0.29, 0.717) is 55.1 Å². The first-order chi connectivity index (χ1) is 15.2. The van der Waals surface area contributed by atoms with Crippen LogP contribution in [0.4, 0.5) is 13.2 Å². The summed E-state index contributed by atoms with van der Waals surface area (Å²) in [5, 5.41) is 8.61. The predicted octanol–water partition coefficient (Wildman–Crippen LogP) is 4.12. The fourth-order valence-corrected chi connectivity index (χ4v) is 6.06. The number of benzene rings is 1. The van der Waals surface area contributed by atoms with E-state index in [1.807, 2.05) is 4.90 Å². The van der Waals surface area contributed by atoms with Gasteiger partial charge in [-0.2, -0.15) is 18.3 Å². The van der Waals surface area contributed by atoms with Crippen LogP contribution >= 0.6 is 0 Å². The van der Waals surface area contributed by atoms with Crippen molar-refractivity contribution in [3.63, 3.8) is 0 Å². The van der Waals surface area contributed by atoms with Crippen molar-refractivity contribution in [3.05, 3.63) is 34.9 Å². The van der Waals surface area contributed by atoms with Crippen LogP contribution in [0.5, 0.6) is 0 Å². The summed E-state index contributed by atoms with van der Waals surface area (Å²) >= 11 is 0. The minimum Gasteiger partial charge on any atom is -0.337 e. The van der Waals surface area contributed by atoms with Crippen LogP contribution in [0.2, 0.25) is 0 Å². The van der Waals surface area contributed by atoms with E-state index in [1.165, 1.54) is 6.07 Å². The Morgan fingerprint density at radius 1 is 1.09 bits per heavy atom. The Bertz CT molecular complexity index is 972. The van der Waals surface area contributed by atoms with Gasteiger partial charge < -0.3 is 9.80 Å². The molecule has 1 aromatic rings. The number of likely N-dealkylation sites (tertiary alicyclic amines) is 2. The van der Waals surface area contributed by atoms with E-state index >= 15 is 0 Å². The van der Waals surface area contributed by atoms with Crippen LogP contribution in [0.1, 0.15) is 48.3 Å². The van der Waals surface area contributed by atoms with E-state index in [1.54, 1.807) is 19.1 Å². The van der Waals surface area contributed by atoms with Crippen molar-refractivity contribution in [2.75, 3.05) is 33.2 Å². The Labute approximate surface area is 186 Å². The molecule has 3 unspecified atom stereocenters. The molecule has 3 atom stereocenters. The molecule has 3 aliphatic heterocycles. The Balaban J connectivity index is 1.26. The number of halogens is 3. The average Bonchev–Trinajstić information content (AvgIpc) is 3.31. The molecule has 0 spiro atoms. The molecule has 2 saturated heterocycles. The molecule has 1 aromatic carbocycles. The number of fused-ring (bicyclic) bond motifs is 2. The van der Waals surface area contributed by atoms with Gasteiger partial charge in [0.2, 0.25) is 0 Å². The fraction of sp³-hybridized carbons (Fsp3) is 0.625. The van der Waals surface area contributed by atoms with Gasteiger partial charge in [-0.25, -0.2) is 0 Å². The minimum atomic E-state index is -4.34. The molecule has 4 aliphatic rings. The molecule has 0 aromatic heterocycles. The summed E-state index contributed by atoms with van der Waals surface area (Å²) in [5.74, 6) is 0.661. The molecule has 3 heterocycles. The van der Waals surface area contributed by atoms with Gasteiger partial charge in [-0.15, -0.1) is 5.10 Å². The first-order valence-corrected chi connectivity index (χ1v) is 11.5. The predicted molar refractivity (Wildman–Crippen MR) is 117 cm³/mol. The number of hydrogen-bond acceptors (Lipinski definition) is 4. The van der Waals surface area contributed by atoms with Crippen molar-refractivity contribution >= 4 is 17.3 Å². The van der Waals surface area contributed by atoms with Gasteiger partial charge in [-0.3, -0.25) is 4.79 Å². The highest BCUT2D eigenvalue weighted by molar-refractivity contribution is 6.39. The third-order valence-electron chi connectivity index (χ3n) is 7.74. The van der Waals surface area contributed by atoms with Crippen LogP contribution in [0, 0.1) is 24.7 Å². The molecule has 3 fully saturated rings. The molecule has 1 saturated carbocycles. The lowest BCUT2D eigenvalue weighted by Crippen LogP contribution is -2.43. The zero-order valence-corrected chi connectivity index (χ0v) is 18.5. The summed E-state index contributed by atoms with van der Waals surface area (Å²) in [6.45, 7) is 4.72. The number of hydrogen-bond donors (Lipinski definition) is 0. The molecule has 5 rings (SSSR count). The average molecular weight is 447 g/mol. The van der Waals surface area contributed by atoms with Crippen LogP contribution < -0.4 is 0 Å². The monoisotopic (exact) mass is 446 g/mol. The lowest BCUT2D eigenvalue weighted by atomic mass is 9.88. The summed E-state index contributed by atoms with van der Waals surface area (Å²) in [4.78, 5) is 17.2. The first-order valence-electron chi connectivity index (χ1n) is 11.5. The van der Waals surface area contributed by atoms with Crippen LogP contribution in [0.25, 0.3) is 0 Å². The van der Waals surface area contributed by atoms with Crippen molar-refractivity contribution in [2.45, 2.75) is 44.7 Å². The molecule has 8 heteroatoms. The van der Waals surface area contributed by atoms with Crippen LogP contribution in [0.3, 0.4) is 0 Å². The molecule has 172 valence electrons. The van der Waals surface area contributed by atoms with Crippen LogP contribution in [0.15, 0.2) is 28.4 Å². The highest BCUT2D eigenvalue weighted by atomic mass is 19.4. The standard InChI is InChI=1S/C24H29F3N4O/c1-14-3-4-19(20(7-14)24(25,26)27)16-8-17-11-31(12-18(17)9-16)23(32)21-10-15-5-6-30(2)13-22(15)29-28-21/h3-4,7,15-18H,5-6,8-13H2,1-2H3. The van der Waals surface area contributed by atoms with Crippen molar-refractivity contribution in [1.29, 1.82) is 0 Å². The van der Waals surface area contributed by atoms with Gasteiger partial charge in [0.05, 0.1) is 11.3 Å². The fourth-order valence-electron chi connectivity index (χ4n) is 6.06. The van der Waals surface area contributed by atoms with E-state index in [-0.39, 0.29) is 23.7 Å². The zero-order chi connectivity index (χ0) is 22.6. The van der Waals surface area contributed by atoms with Crippen LogP contribution in [-0.4, -0.2) is 60.4 Å². The number of piperidine rings is 1. The highest BCUT2D eigenvalue weighted by Gasteiger charge is 2.46. The van der Waals surface area contributed by atoms with Crippen molar-refractivity contribution in [2.24, 2.45) is 28.0 Å². The number of carbonyl (C=O) groups excluding carboxylic acids is 1. The smallest absolute Gasteiger partial charge is 0.337 e. The number of amides is 1. The SMILES string of the molecule is Cc1ccc(C2CC3CN(C(=O)C4=NN=C5CN(C)CCC5C4)CC3C2)c(C(F)(F)F)c1. The van der Waals surface area contributed by atoms with Gasteiger partial charge >= 0.3 is 6.18 Å². The third kappa shape index (κ3) is 3.98. The number of alkyl halides is 3. The van der Waals surface area contributed by atoms with Crippen molar-refractivity contribution < 1.29 is 18.0 Å². The van der Waals surface area contributed by atoms with E-state index < -0.39 is 11.7 Å². The Hall–Kier alpha value is -2.22. The Morgan fingerprint density at radius 2 is 1.81 bits per heavy atom. The minimum absolute atomic E-state index is 0.0380. The van der Waals surface area contributed by atoms with E-state index in [9.17, 15) is 18.0 Å². The lowest BCUT2D eigenvalue weighted by Gasteiger charge is -2.32. The zero-order valence-electron chi connectivity index (χ0n) is 18.5. The van der Waals surface area contributed by atoms with Crippen LogP contribution in [-0.2, 0) is 11.0 Å². The maximum Gasteiger partial charge on any atom is 0.416 e. The van der Waals surface area contributed by atoms with Gasteiger partial charge in [-0.1, -0.05) is 17.7 Å². The molecule has 1 aliphatic carbocycles. The third-order valence-corrected chi connectivity index (χ3v) is 7.74. The quantitative estimate of drug-likeness (QED) is 0.686. The largest absolute Gasteiger partial charge is 0.416 e. The Morgan fingerprint density at radius 3 is 2.50 bits per heavy atom. The number of aryl methyl sites for hydroxylation is 1. The molecule has 0 radical (unpaired) electrons. The second-order valence-electron chi connectivity index (χ2n) is 10.1. The number of rotatable bonds is 2. The topological polar surface area (TPSA) is 48.3 Å². The second-order valence-corrected chi connectivity index (χ2v) is 10.1. The molecular formula is C24H29F3N4O. The molecule has 0 N–H and O–H groups in total. The molecular weight excluding hydrogens is 417 g/mol. The summed E-state index contributed by atoms with van der Waals surface area (Å²) in [7, 11) is 2.06. The molecule has 1 amide bonds. The number of nitrogens with zero attached hydrogens (tertiary/aromatic N) is 4. The van der Waals surface area contributed by atoms with Gasteiger partial charge in [0.25, 0.3) is 5.91 Å². The van der Waals surface area contributed by atoms with Gasteiger partial charge in [0.1, 0.15) is 5.71 Å². The van der Waals surface area contributed by atoms with Gasteiger partial charge in [0, 0.05) is 32.0 Å². The molecule has 0 bridgehead atoms. The number of carbonyl (C=O) groups is 1. The highest BCUT2D eigenvalue weighted by Crippen LogP contribution is 2.49. The summed E-state index contributed by atoms with van der Waals surface area (Å²) in [5.41, 5.74) is 2.14. The first kappa shape index (κ1) is 21.6. The second kappa shape index (κ2) is 7.97.